The third-order valence-electron chi connectivity index (χ3n) is 2.86. The van der Waals surface area contributed by atoms with Gasteiger partial charge in [0.2, 0.25) is 0 Å². The minimum atomic E-state index is -3.90. The predicted molar refractivity (Wildman–Crippen MR) is 67.6 cm³/mol. The minimum Gasteiger partial charge on any atom is -0.480 e. The molecule has 1 rings (SSSR count). The number of hydrogen-bond acceptors (Lipinski definition) is 5. The highest BCUT2D eigenvalue weighted by Gasteiger charge is 2.29. The SMILES string of the molecule is Cc1c(CS(=O)(=O)C(C)C(=O)O)cccc1[N+](=O)[O-]. The second kappa shape index (κ2) is 5.35. The Bertz CT molecular complexity index is 622. The van der Waals surface area contributed by atoms with E-state index in [-0.39, 0.29) is 16.8 Å². The zero-order valence-corrected chi connectivity index (χ0v) is 11.2. The summed E-state index contributed by atoms with van der Waals surface area (Å²) in [4.78, 5) is 20.8. The van der Waals surface area contributed by atoms with E-state index in [1.165, 1.54) is 25.1 Å². The summed E-state index contributed by atoms with van der Waals surface area (Å²) >= 11 is 0. The van der Waals surface area contributed by atoms with Crippen molar-refractivity contribution in [2.45, 2.75) is 24.9 Å². The molecule has 0 aliphatic carbocycles. The molecule has 0 heterocycles. The molecule has 0 amide bonds. The Hall–Kier alpha value is -1.96. The van der Waals surface area contributed by atoms with Crippen molar-refractivity contribution in [3.8, 4) is 0 Å². The first-order chi connectivity index (χ1) is 8.66. The van der Waals surface area contributed by atoms with Gasteiger partial charge in [0.1, 0.15) is 0 Å². The molecule has 0 bridgehead atoms. The van der Waals surface area contributed by atoms with Crippen LogP contribution in [0.3, 0.4) is 0 Å². The molecule has 1 aromatic carbocycles. The number of carboxylic acid groups (broad SMARTS) is 1. The van der Waals surface area contributed by atoms with Crippen LogP contribution in [0.4, 0.5) is 5.69 Å². The molecule has 104 valence electrons. The first-order valence-corrected chi connectivity index (χ1v) is 7.05. The number of nitro groups is 1. The summed E-state index contributed by atoms with van der Waals surface area (Å²) in [5.74, 6) is -1.98. The number of nitrogens with zero attached hydrogens (tertiary/aromatic N) is 1. The van der Waals surface area contributed by atoms with Gasteiger partial charge in [0.15, 0.2) is 15.1 Å². The molecule has 19 heavy (non-hydrogen) atoms. The second-order valence-electron chi connectivity index (χ2n) is 4.11. The van der Waals surface area contributed by atoms with Gasteiger partial charge in [0.05, 0.1) is 10.7 Å². The lowest BCUT2D eigenvalue weighted by Gasteiger charge is -2.10. The van der Waals surface area contributed by atoms with Gasteiger partial charge in [-0.1, -0.05) is 12.1 Å². The molecule has 8 heteroatoms. The van der Waals surface area contributed by atoms with Gasteiger partial charge in [-0.3, -0.25) is 14.9 Å². The lowest BCUT2D eigenvalue weighted by Crippen LogP contribution is -2.28. The van der Waals surface area contributed by atoms with Crippen LogP contribution in [0.5, 0.6) is 0 Å². The Kier molecular flexibility index (Phi) is 4.25. The zero-order chi connectivity index (χ0) is 14.8. The van der Waals surface area contributed by atoms with Crippen LogP contribution >= 0.6 is 0 Å². The Balaban J connectivity index is 3.18. The van der Waals surface area contributed by atoms with Gasteiger partial charge in [-0.15, -0.1) is 0 Å². The molecular weight excluding hydrogens is 274 g/mol. The first-order valence-electron chi connectivity index (χ1n) is 5.34. The number of benzene rings is 1. The van der Waals surface area contributed by atoms with E-state index in [1.807, 2.05) is 0 Å². The lowest BCUT2D eigenvalue weighted by molar-refractivity contribution is -0.385. The second-order valence-corrected chi connectivity index (χ2v) is 6.43. The number of aliphatic carboxylic acids is 1. The summed E-state index contributed by atoms with van der Waals surface area (Å²) in [5, 5.41) is 17.9. The highest BCUT2D eigenvalue weighted by Crippen LogP contribution is 2.23. The van der Waals surface area contributed by atoms with Gasteiger partial charge < -0.3 is 5.11 Å². The smallest absolute Gasteiger partial charge is 0.321 e. The standard InChI is InChI=1S/C11H13NO6S/c1-7-9(4-3-5-10(7)12(15)16)6-19(17,18)8(2)11(13)14/h3-5,8H,6H2,1-2H3,(H,13,14). The van der Waals surface area contributed by atoms with Crippen molar-refractivity contribution in [3.05, 3.63) is 39.4 Å². The third kappa shape index (κ3) is 3.28. The largest absolute Gasteiger partial charge is 0.480 e. The van der Waals surface area contributed by atoms with Crippen LogP contribution in [-0.2, 0) is 20.4 Å². The quantitative estimate of drug-likeness (QED) is 0.644. The monoisotopic (exact) mass is 287 g/mol. The van der Waals surface area contributed by atoms with Crippen molar-refractivity contribution in [1.29, 1.82) is 0 Å². The van der Waals surface area contributed by atoms with Gasteiger partial charge in [-0.2, -0.15) is 0 Å². The number of carbonyl (C=O) groups is 1. The minimum absolute atomic E-state index is 0.185. The van der Waals surface area contributed by atoms with E-state index >= 15 is 0 Å². The van der Waals surface area contributed by atoms with E-state index in [1.54, 1.807) is 0 Å². The summed E-state index contributed by atoms with van der Waals surface area (Å²) < 4.78 is 23.6. The first kappa shape index (κ1) is 15.1. The Morgan fingerprint density at radius 3 is 2.53 bits per heavy atom. The van der Waals surface area contributed by atoms with Gasteiger partial charge in [0, 0.05) is 11.6 Å². The van der Waals surface area contributed by atoms with Crippen LogP contribution < -0.4 is 0 Å². The van der Waals surface area contributed by atoms with Gasteiger partial charge >= 0.3 is 5.97 Å². The maximum Gasteiger partial charge on any atom is 0.321 e. The predicted octanol–water partition coefficient (Wildman–Crippen LogP) is 1.29. The number of nitro benzene ring substituents is 1. The van der Waals surface area contributed by atoms with E-state index in [4.69, 9.17) is 5.11 Å². The molecule has 0 spiro atoms. The fourth-order valence-corrected chi connectivity index (χ4v) is 2.82. The molecule has 0 radical (unpaired) electrons. The van der Waals surface area contributed by atoms with E-state index in [9.17, 15) is 23.3 Å². The molecule has 0 aliphatic heterocycles. The summed E-state index contributed by atoms with van der Waals surface area (Å²) in [6.45, 7) is 2.51. The van der Waals surface area contributed by atoms with Crippen molar-refractivity contribution in [1.82, 2.24) is 0 Å². The Labute approximate surface area is 109 Å². The molecule has 1 atom stereocenters. The van der Waals surface area contributed by atoms with Gasteiger partial charge in [-0.05, 0) is 19.4 Å². The van der Waals surface area contributed by atoms with Crippen LogP contribution in [0.2, 0.25) is 0 Å². The van der Waals surface area contributed by atoms with Crippen LogP contribution in [0.25, 0.3) is 0 Å². The lowest BCUT2D eigenvalue weighted by atomic mass is 10.1. The molecule has 1 unspecified atom stereocenters. The molecule has 1 aromatic rings. The summed E-state index contributed by atoms with van der Waals surface area (Å²) in [7, 11) is -3.90. The molecule has 7 nitrogen and oxygen atoms in total. The number of carboxylic acids is 1. The third-order valence-corrected chi connectivity index (χ3v) is 4.85. The highest BCUT2D eigenvalue weighted by atomic mass is 32.2. The fourth-order valence-electron chi connectivity index (χ4n) is 1.52. The highest BCUT2D eigenvalue weighted by molar-refractivity contribution is 7.91. The van der Waals surface area contributed by atoms with Gasteiger partial charge in [0.25, 0.3) is 5.69 Å². The van der Waals surface area contributed by atoms with Crippen LogP contribution in [0, 0.1) is 17.0 Å². The molecular formula is C11H13NO6S. The molecule has 0 fully saturated rings. The van der Waals surface area contributed by atoms with Crippen molar-refractivity contribution in [2.24, 2.45) is 0 Å². The van der Waals surface area contributed by atoms with Gasteiger partial charge in [-0.25, -0.2) is 8.42 Å². The number of hydrogen-bond donors (Lipinski definition) is 1. The molecule has 0 aromatic heterocycles. The van der Waals surface area contributed by atoms with E-state index in [0.717, 1.165) is 6.92 Å². The van der Waals surface area contributed by atoms with Crippen molar-refractivity contribution < 1.29 is 23.2 Å². The summed E-state index contributed by atoms with van der Waals surface area (Å²) in [6, 6.07) is 4.09. The van der Waals surface area contributed by atoms with Crippen LogP contribution in [0.1, 0.15) is 18.1 Å². The molecule has 0 saturated heterocycles. The van der Waals surface area contributed by atoms with Crippen LogP contribution in [0.15, 0.2) is 18.2 Å². The average Bonchev–Trinajstić information content (AvgIpc) is 2.30. The molecule has 0 aliphatic rings. The van der Waals surface area contributed by atoms with E-state index in [2.05, 4.69) is 0 Å². The van der Waals surface area contributed by atoms with Crippen LogP contribution in [-0.4, -0.2) is 29.7 Å². The zero-order valence-electron chi connectivity index (χ0n) is 10.4. The summed E-state index contributed by atoms with van der Waals surface area (Å²) in [6.07, 6.45) is 0. The van der Waals surface area contributed by atoms with Crippen molar-refractivity contribution in [3.63, 3.8) is 0 Å². The molecule has 1 N–H and O–H groups in total. The van der Waals surface area contributed by atoms with E-state index in [0.29, 0.717) is 0 Å². The normalized spacial score (nSPS) is 12.9. The maximum absolute atomic E-state index is 11.8. The Morgan fingerprint density at radius 2 is 2.05 bits per heavy atom. The van der Waals surface area contributed by atoms with E-state index < -0.39 is 31.7 Å². The van der Waals surface area contributed by atoms with Crippen molar-refractivity contribution in [2.75, 3.05) is 0 Å². The topological polar surface area (TPSA) is 115 Å². The molecule has 0 saturated carbocycles. The Morgan fingerprint density at radius 1 is 1.47 bits per heavy atom. The summed E-state index contributed by atoms with van der Waals surface area (Å²) in [5.41, 5.74) is 0.284. The maximum atomic E-state index is 11.8. The number of rotatable bonds is 5. The number of sulfone groups is 1. The average molecular weight is 287 g/mol. The fraction of sp³-hybridized carbons (Fsp3) is 0.364. The van der Waals surface area contributed by atoms with Crippen molar-refractivity contribution >= 4 is 21.5 Å².